The highest BCUT2D eigenvalue weighted by atomic mass is 16.3. The van der Waals surface area contributed by atoms with Gasteiger partial charge in [-0.3, -0.25) is 19.3 Å². The molecule has 0 fully saturated rings. The molecule has 0 spiro atoms. The molecule has 0 aliphatic rings. The summed E-state index contributed by atoms with van der Waals surface area (Å²) in [6.07, 6.45) is 3.89. The lowest BCUT2D eigenvalue weighted by atomic mass is 9.97. The van der Waals surface area contributed by atoms with E-state index in [1.807, 2.05) is 42.5 Å². The van der Waals surface area contributed by atoms with E-state index in [0.29, 0.717) is 22.9 Å². The van der Waals surface area contributed by atoms with Gasteiger partial charge in [0.1, 0.15) is 11.8 Å². The van der Waals surface area contributed by atoms with Gasteiger partial charge in [-0.2, -0.15) is 0 Å². The molecule has 0 radical (unpaired) electrons. The Morgan fingerprint density at radius 1 is 0.816 bits per heavy atom. The van der Waals surface area contributed by atoms with Crippen molar-refractivity contribution in [3.8, 4) is 0 Å². The lowest BCUT2D eigenvalue weighted by molar-refractivity contribution is -0.126. The van der Waals surface area contributed by atoms with E-state index >= 15 is 0 Å². The minimum absolute atomic E-state index is 0.0954. The molecule has 0 unspecified atom stereocenters. The Labute approximate surface area is 221 Å². The van der Waals surface area contributed by atoms with E-state index in [1.54, 1.807) is 30.3 Å². The minimum atomic E-state index is -0.992. The first-order chi connectivity index (χ1) is 18.5. The normalized spacial score (nSPS) is 12.4. The van der Waals surface area contributed by atoms with Crippen LogP contribution in [0.2, 0.25) is 0 Å². The summed E-state index contributed by atoms with van der Waals surface area (Å²) in [6, 6.07) is 22.3. The maximum absolute atomic E-state index is 13.7. The van der Waals surface area contributed by atoms with Gasteiger partial charge in [0.25, 0.3) is 5.91 Å². The van der Waals surface area contributed by atoms with Crippen molar-refractivity contribution in [2.24, 2.45) is 0 Å². The number of furan rings is 2. The van der Waals surface area contributed by atoms with Crippen molar-refractivity contribution >= 4 is 23.4 Å². The molecule has 0 aliphatic carbocycles. The lowest BCUT2D eigenvalue weighted by Crippen LogP contribution is -2.47. The van der Waals surface area contributed by atoms with Crippen molar-refractivity contribution in [2.75, 3.05) is 11.4 Å². The van der Waals surface area contributed by atoms with Gasteiger partial charge in [-0.1, -0.05) is 56.3 Å². The quantitative estimate of drug-likeness (QED) is 0.287. The Morgan fingerprint density at radius 3 is 2.16 bits per heavy atom. The third-order valence-corrected chi connectivity index (χ3v) is 6.41. The van der Waals surface area contributed by atoms with E-state index in [1.165, 1.54) is 23.5 Å². The van der Waals surface area contributed by atoms with Gasteiger partial charge in [-0.25, -0.2) is 0 Å². The molecule has 2 atom stereocenters. The summed E-state index contributed by atoms with van der Waals surface area (Å²) in [5.41, 5.74) is 2.30. The summed E-state index contributed by atoms with van der Waals surface area (Å²) in [5.74, 6) is -0.325. The molecule has 8 heteroatoms. The second-order valence-corrected chi connectivity index (χ2v) is 8.93. The summed E-state index contributed by atoms with van der Waals surface area (Å²) in [5, 5.41) is 5.49. The van der Waals surface area contributed by atoms with E-state index in [0.717, 1.165) is 12.0 Å². The van der Waals surface area contributed by atoms with Crippen LogP contribution in [0.4, 0.5) is 5.69 Å². The highest BCUT2D eigenvalue weighted by molar-refractivity contribution is 6.04. The monoisotopic (exact) mass is 513 g/mol. The number of hydrogen-bond donors (Lipinski definition) is 2. The van der Waals surface area contributed by atoms with E-state index in [-0.39, 0.29) is 24.8 Å². The number of benzene rings is 2. The SMILES string of the molecule is CC[C@H](C)c1ccc(N(C(=O)CNC(=O)c2ccco2)[C@@H](C(=O)NCc2ccco2)c2ccccc2)cc1. The predicted octanol–water partition coefficient (Wildman–Crippen LogP) is 5.21. The Kier molecular flexibility index (Phi) is 8.77. The first-order valence-corrected chi connectivity index (χ1v) is 12.6. The van der Waals surface area contributed by atoms with Crippen LogP contribution in [-0.2, 0) is 16.1 Å². The lowest BCUT2D eigenvalue weighted by Gasteiger charge is -2.32. The van der Waals surface area contributed by atoms with Crippen LogP contribution >= 0.6 is 0 Å². The van der Waals surface area contributed by atoms with Gasteiger partial charge < -0.3 is 19.5 Å². The fraction of sp³-hybridized carbons (Fsp3) is 0.233. The molecule has 3 amide bonds. The number of anilines is 1. The maximum atomic E-state index is 13.7. The van der Waals surface area contributed by atoms with Crippen molar-refractivity contribution in [1.82, 2.24) is 10.6 Å². The number of nitrogens with one attached hydrogen (secondary N) is 2. The van der Waals surface area contributed by atoms with E-state index in [4.69, 9.17) is 8.83 Å². The summed E-state index contributed by atoms with van der Waals surface area (Å²) in [6.45, 7) is 4.09. The fourth-order valence-electron chi connectivity index (χ4n) is 4.11. The van der Waals surface area contributed by atoms with Crippen LogP contribution in [-0.4, -0.2) is 24.3 Å². The molecule has 0 saturated carbocycles. The largest absolute Gasteiger partial charge is 0.467 e. The minimum Gasteiger partial charge on any atom is -0.467 e. The zero-order chi connectivity index (χ0) is 26.9. The molecular formula is C30H31N3O5. The van der Waals surface area contributed by atoms with Crippen molar-refractivity contribution in [1.29, 1.82) is 0 Å². The molecule has 38 heavy (non-hydrogen) atoms. The topological polar surface area (TPSA) is 105 Å². The Balaban J connectivity index is 1.67. The van der Waals surface area contributed by atoms with Gasteiger partial charge in [0.15, 0.2) is 5.76 Å². The van der Waals surface area contributed by atoms with Gasteiger partial charge in [-0.05, 0) is 59.9 Å². The molecule has 2 heterocycles. The highest BCUT2D eigenvalue weighted by Gasteiger charge is 2.33. The van der Waals surface area contributed by atoms with Gasteiger partial charge in [0.05, 0.1) is 25.6 Å². The molecule has 0 aliphatic heterocycles. The third-order valence-electron chi connectivity index (χ3n) is 6.41. The second-order valence-electron chi connectivity index (χ2n) is 8.93. The average molecular weight is 514 g/mol. The van der Waals surface area contributed by atoms with Crippen molar-refractivity contribution in [3.63, 3.8) is 0 Å². The van der Waals surface area contributed by atoms with Crippen LogP contribution in [0.25, 0.3) is 0 Å². The van der Waals surface area contributed by atoms with Crippen LogP contribution in [0, 0.1) is 0 Å². The van der Waals surface area contributed by atoms with E-state index in [9.17, 15) is 14.4 Å². The molecule has 0 saturated heterocycles. The Hall–Kier alpha value is -4.59. The average Bonchev–Trinajstić information content (AvgIpc) is 3.68. The molecule has 4 aromatic rings. The molecule has 0 bridgehead atoms. The van der Waals surface area contributed by atoms with Crippen LogP contribution in [0.3, 0.4) is 0 Å². The number of carbonyl (C=O) groups is 3. The number of nitrogens with zero attached hydrogens (tertiary/aromatic N) is 1. The highest BCUT2D eigenvalue weighted by Crippen LogP contribution is 2.30. The van der Waals surface area contributed by atoms with E-state index < -0.39 is 17.9 Å². The summed E-state index contributed by atoms with van der Waals surface area (Å²) in [4.78, 5) is 41.3. The molecule has 2 N–H and O–H groups in total. The van der Waals surface area contributed by atoms with Crippen LogP contribution in [0.1, 0.15) is 59.7 Å². The Bertz CT molecular complexity index is 1320. The van der Waals surface area contributed by atoms with Crippen molar-refractivity contribution in [2.45, 2.75) is 38.8 Å². The summed E-state index contributed by atoms with van der Waals surface area (Å²) < 4.78 is 10.5. The van der Waals surface area contributed by atoms with Gasteiger partial charge >= 0.3 is 0 Å². The fourth-order valence-corrected chi connectivity index (χ4v) is 4.11. The molecule has 2 aromatic carbocycles. The van der Waals surface area contributed by atoms with Crippen molar-refractivity contribution < 1.29 is 23.2 Å². The predicted molar refractivity (Wildman–Crippen MR) is 143 cm³/mol. The smallest absolute Gasteiger partial charge is 0.287 e. The number of hydrogen-bond acceptors (Lipinski definition) is 5. The van der Waals surface area contributed by atoms with Crippen molar-refractivity contribution in [3.05, 3.63) is 114 Å². The van der Waals surface area contributed by atoms with Gasteiger partial charge in [0, 0.05) is 5.69 Å². The van der Waals surface area contributed by atoms with Crippen LogP contribution < -0.4 is 15.5 Å². The zero-order valence-electron chi connectivity index (χ0n) is 21.4. The molecule has 8 nitrogen and oxygen atoms in total. The first-order valence-electron chi connectivity index (χ1n) is 12.6. The third kappa shape index (κ3) is 6.39. The number of carbonyl (C=O) groups excluding carboxylic acids is 3. The molecular weight excluding hydrogens is 482 g/mol. The summed E-state index contributed by atoms with van der Waals surface area (Å²) in [7, 11) is 0. The van der Waals surface area contributed by atoms with Crippen LogP contribution in [0.15, 0.2) is 100 Å². The standard InChI is InChI=1S/C30H31N3O5/c1-3-21(2)22-13-15-24(16-14-22)33(27(34)20-32-29(35)26-12-8-18-38-26)28(23-9-5-4-6-10-23)30(36)31-19-25-11-7-17-37-25/h4-18,21,28H,3,19-20H2,1-2H3,(H,31,36)(H,32,35)/t21-,28+/m0/s1. The van der Waals surface area contributed by atoms with Gasteiger partial charge in [0.2, 0.25) is 11.8 Å². The summed E-state index contributed by atoms with van der Waals surface area (Å²) >= 11 is 0. The molecule has 2 aromatic heterocycles. The molecule has 196 valence electrons. The molecule has 4 rings (SSSR count). The van der Waals surface area contributed by atoms with Crippen LogP contribution in [0.5, 0.6) is 0 Å². The Morgan fingerprint density at radius 2 is 1.53 bits per heavy atom. The van der Waals surface area contributed by atoms with Gasteiger partial charge in [-0.15, -0.1) is 0 Å². The zero-order valence-corrected chi connectivity index (χ0v) is 21.4. The van der Waals surface area contributed by atoms with E-state index in [2.05, 4.69) is 24.5 Å². The second kappa shape index (κ2) is 12.6. The first kappa shape index (κ1) is 26.5. The number of amides is 3. The maximum Gasteiger partial charge on any atom is 0.287 e. The number of rotatable bonds is 11.